The fourth-order valence-corrected chi connectivity index (χ4v) is 3.09. The predicted octanol–water partition coefficient (Wildman–Crippen LogP) is 2.86. The maximum atomic E-state index is 5.32. The van der Waals surface area contributed by atoms with Gasteiger partial charge in [-0.05, 0) is 19.5 Å². The number of rotatable bonds is 7. The smallest absolute Gasteiger partial charge is 0.232 e. The van der Waals surface area contributed by atoms with Gasteiger partial charge in [0.1, 0.15) is 0 Å². The molecular formula is C17H20N4OS. The Morgan fingerprint density at radius 1 is 1.17 bits per heavy atom. The summed E-state index contributed by atoms with van der Waals surface area (Å²) in [5.74, 6) is 1.36. The van der Waals surface area contributed by atoms with E-state index >= 15 is 0 Å². The van der Waals surface area contributed by atoms with Crippen LogP contribution in [0.25, 0.3) is 0 Å². The second kappa shape index (κ2) is 7.48. The first kappa shape index (κ1) is 15.8. The minimum atomic E-state index is 0.331. The monoisotopic (exact) mass is 328 g/mol. The summed E-state index contributed by atoms with van der Waals surface area (Å²) >= 11 is 1.67. The average Bonchev–Trinajstić information content (AvgIpc) is 3.18. The molecule has 0 aliphatic rings. The van der Waals surface area contributed by atoms with Crippen LogP contribution in [0.5, 0.6) is 0 Å². The normalized spacial score (nSPS) is 12.4. The number of hydrogen-bond acceptors (Lipinski definition) is 6. The lowest BCUT2D eigenvalue weighted by Crippen LogP contribution is -2.24. The molecule has 1 N–H and O–H groups in total. The van der Waals surface area contributed by atoms with Gasteiger partial charge in [0.05, 0.1) is 17.1 Å². The number of benzene rings is 1. The number of aromatic nitrogens is 3. The van der Waals surface area contributed by atoms with Gasteiger partial charge in [-0.25, -0.2) is 4.98 Å². The van der Waals surface area contributed by atoms with Crippen molar-refractivity contribution >= 4 is 11.3 Å². The maximum absolute atomic E-state index is 5.32. The van der Waals surface area contributed by atoms with Gasteiger partial charge < -0.3 is 9.84 Å². The third-order valence-corrected chi connectivity index (χ3v) is 4.52. The minimum Gasteiger partial charge on any atom is -0.339 e. The Balaban J connectivity index is 1.61. The standard InChI is InChI=1S/C17H20N4OS/c1-12(18-2)8-15-20-16(22-21-15)10-14-11-23-17(19-14)9-13-6-4-3-5-7-13/h3-7,11-12,18H,8-10H2,1-2H3. The molecular weight excluding hydrogens is 308 g/mol. The Morgan fingerprint density at radius 2 is 2.00 bits per heavy atom. The first-order chi connectivity index (χ1) is 11.2. The third kappa shape index (κ3) is 4.46. The van der Waals surface area contributed by atoms with Crippen LogP contribution in [0.3, 0.4) is 0 Å². The molecule has 23 heavy (non-hydrogen) atoms. The third-order valence-electron chi connectivity index (χ3n) is 3.62. The second-order valence-corrected chi connectivity index (χ2v) is 6.51. The van der Waals surface area contributed by atoms with Gasteiger partial charge in [-0.2, -0.15) is 4.98 Å². The fourth-order valence-electron chi connectivity index (χ4n) is 2.26. The van der Waals surface area contributed by atoms with E-state index in [1.165, 1.54) is 5.56 Å². The molecule has 1 unspecified atom stereocenters. The molecule has 0 saturated heterocycles. The van der Waals surface area contributed by atoms with Gasteiger partial charge in [0, 0.05) is 24.3 Å². The topological polar surface area (TPSA) is 63.8 Å². The molecule has 0 bridgehead atoms. The molecule has 120 valence electrons. The van der Waals surface area contributed by atoms with Crippen molar-refractivity contribution < 1.29 is 4.52 Å². The maximum Gasteiger partial charge on any atom is 0.232 e. The molecule has 1 atom stereocenters. The summed E-state index contributed by atoms with van der Waals surface area (Å²) in [5, 5.41) is 10.4. The molecule has 0 amide bonds. The lowest BCUT2D eigenvalue weighted by Gasteiger charge is -2.04. The SMILES string of the molecule is CNC(C)Cc1noc(Cc2csc(Cc3ccccc3)n2)n1. The van der Waals surface area contributed by atoms with Crippen molar-refractivity contribution in [2.75, 3.05) is 7.05 Å². The quantitative estimate of drug-likeness (QED) is 0.722. The minimum absolute atomic E-state index is 0.331. The Morgan fingerprint density at radius 3 is 2.78 bits per heavy atom. The van der Waals surface area contributed by atoms with Crippen molar-refractivity contribution in [3.63, 3.8) is 0 Å². The highest BCUT2D eigenvalue weighted by Crippen LogP contribution is 2.17. The Hall–Kier alpha value is -2.05. The summed E-state index contributed by atoms with van der Waals surface area (Å²) in [6.45, 7) is 2.09. The van der Waals surface area contributed by atoms with Crippen LogP contribution in [0.15, 0.2) is 40.2 Å². The van der Waals surface area contributed by atoms with Crippen LogP contribution in [0, 0.1) is 0 Å². The van der Waals surface area contributed by atoms with Crippen molar-refractivity contribution in [3.8, 4) is 0 Å². The molecule has 2 aromatic heterocycles. The molecule has 3 aromatic rings. The first-order valence-electron chi connectivity index (χ1n) is 7.69. The van der Waals surface area contributed by atoms with Gasteiger partial charge >= 0.3 is 0 Å². The molecule has 0 aliphatic heterocycles. The molecule has 1 aromatic carbocycles. The largest absolute Gasteiger partial charge is 0.339 e. The predicted molar refractivity (Wildman–Crippen MR) is 90.7 cm³/mol. The van der Waals surface area contributed by atoms with E-state index < -0.39 is 0 Å². The van der Waals surface area contributed by atoms with Gasteiger partial charge in [0.15, 0.2) is 5.82 Å². The van der Waals surface area contributed by atoms with E-state index in [4.69, 9.17) is 4.52 Å². The Kier molecular flexibility index (Phi) is 5.15. The second-order valence-electron chi connectivity index (χ2n) is 5.57. The molecule has 3 rings (SSSR count). The van der Waals surface area contributed by atoms with Crippen LogP contribution >= 0.6 is 11.3 Å². The molecule has 0 aliphatic carbocycles. The van der Waals surface area contributed by atoms with E-state index in [9.17, 15) is 0 Å². The molecule has 0 saturated carbocycles. The Bertz CT molecular complexity index is 738. The number of nitrogens with one attached hydrogen (secondary N) is 1. The van der Waals surface area contributed by atoms with Gasteiger partial charge in [-0.1, -0.05) is 35.5 Å². The molecule has 6 heteroatoms. The van der Waals surface area contributed by atoms with Gasteiger partial charge in [0.2, 0.25) is 5.89 Å². The summed E-state index contributed by atoms with van der Waals surface area (Å²) in [7, 11) is 1.93. The van der Waals surface area contributed by atoms with E-state index in [-0.39, 0.29) is 0 Å². The summed E-state index contributed by atoms with van der Waals surface area (Å²) < 4.78 is 5.32. The average molecular weight is 328 g/mol. The lowest BCUT2D eigenvalue weighted by molar-refractivity contribution is 0.376. The van der Waals surface area contributed by atoms with Gasteiger partial charge in [0.25, 0.3) is 0 Å². The van der Waals surface area contributed by atoms with Crippen molar-refractivity contribution in [1.29, 1.82) is 0 Å². The highest BCUT2D eigenvalue weighted by atomic mass is 32.1. The lowest BCUT2D eigenvalue weighted by atomic mass is 10.2. The van der Waals surface area contributed by atoms with Crippen molar-refractivity contribution in [2.24, 2.45) is 0 Å². The van der Waals surface area contributed by atoms with Crippen LogP contribution in [0.4, 0.5) is 0 Å². The van der Waals surface area contributed by atoms with E-state index in [1.54, 1.807) is 11.3 Å². The summed E-state index contributed by atoms with van der Waals surface area (Å²) in [6.07, 6.45) is 2.21. The molecule has 2 heterocycles. The summed E-state index contributed by atoms with van der Waals surface area (Å²) in [6, 6.07) is 10.7. The highest BCUT2D eigenvalue weighted by Gasteiger charge is 2.12. The van der Waals surface area contributed by atoms with Crippen LogP contribution in [0.1, 0.15) is 34.9 Å². The van der Waals surface area contributed by atoms with Crippen LogP contribution in [0.2, 0.25) is 0 Å². The Labute approximate surface area is 139 Å². The van der Waals surface area contributed by atoms with Crippen molar-refractivity contribution in [1.82, 2.24) is 20.4 Å². The van der Waals surface area contributed by atoms with E-state index in [0.717, 1.165) is 29.4 Å². The number of likely N-dealkylation sites (N-methyl/N-ethyl adjacent to an activating group) is 1. The zero-order valence-electron chi connectivity index (χ0n) is 13.3. The van der Waals surface area contributed by atoms with E-state index in [2.05, 4.69) is 57.0 Å². The summed E-state index contributed by atoms with van der Waals surface area (Å²) in [5.41, 5.74) is 2.26. The van der Waals surface area contributed by atoms with Crippen molar-refractivity contribution in [3.05, 3.63) is 63.7 Å². The fraction of sp³-hybridized carbons (Fsp3) is 0.353. The number of nitrogens with zero attached hydrogens (tertiary/aromatic N) is 3. The van der Waals surface area contributed by atoms with Crippen molar-refractivity contribution in [2.45, 2.75) is 32.2 Å². The van der Waals surface area contributed by atoms with E-state index in [1.807, 2.05) is 13.1 Å². The zero-order chi connectivity index (χ0) is 16.1. The highest BCUT2D eigenvalue weighted by molar-refractivity contribution is 7.09. The zero-order valence-corrected chi connectivity index (χ0v) is 14.1. The first-order valence-corrected chi connectivity index (χ1v) is 8.57. The molecule has 0 spiro atoms. The number of hydrogen-bond donors (Lipinski definition) is 1. The number of thiazole rings is 1. The van der Waals surface area contributed by atoms with Crippen LogP contribution < -0.4 is 5.32 Å². The molecule has 0 fully saturated rings. The molecule has 5 nitrogen and oxygen atoms in total. The van der Waals surface area contributed by atoms with Gasteiger partial charge in [-0.3, -0.25) is 0 Å². The summed E-state index contributed by atoms with van der Waals surface area (Å²) in [4.78, 5) is 9.10. The van der Waals surface area contributed by atoms with Crippen LogP contribution in [-0.2, 0) is 19.3 Å². The van der Waals surface area contributed by atoms with E-state index in [0.29, 0.717) is 18.4 Å². The molecule has 0 radical (unpaired) electrons. The van der Waals surface area contributed by atoms with Crippen LogP contribution in [-0.4, -0.2) is 28.2 Å². The van der Waals surface area contributed by atoms with Gasteiger partial charge in [-0.15, -0.1) is 11.3 Å².